The standard InChI is InChI=1S/C26H30N4O4/c1-34-21-10-11-22-20(15-21)9-5-14-29(22)23(31)17-30-24(32)26(27-25(30)33)12-6-13-28(18-26)16-19-7-3-2-4-8-19/h2-4,7-8,10-11,15H,5-6,9,12-14,16-18H2,1H3,(H,27,33). The lowest BCUT2D eigenvalue weighted by molar-refractivity contribution is -0.136. The number of aryl methyl sites for hydroxylation is 1. The van der Waals surface area contributed by atoms with Crippen molar-refractivity contribution in [1.29, 1.82) is 0 Å². The minimum atomic E-state index is -0.961. The van der Waals surface area contributed by atoms with Gasteiger partial charge in [0, 0.05) is 25.3 Å². The third-order valence-corrected chi connectivity index (χ3v) is 7.07. The molecule has 0 aliphatic carbocycles. The summed E-state index contributed by atoms with van der Waals surface area (Å²) < 4.78 is 5.31. The Labute approximate surface area is 199 Å². The van der Waals surface area contributed by atoms with E-state index in [4.69, 9.17) is 4.74 Å². The van der Waals surface area contributed by atoms with Crippen LogP contribution in [0.3, 0.4) is 0 Å². The maximum Gasteiger partial charge on any atom is 0.325 e. The first-order valence-corrected chi connectivity index (χ1v) is 11.9. The summed E-state index contributed by atoms with van der Waals surface area (Å²) >= 11 is 0. The summed E-state index contributed by atoms with van der Waals surface area (Å²) in [4.78, 5) is 44.6. The molecule has 2 aromatic rings. The number of piperidine rings is 1. The Morgan fingerprint density at radius 1 is 1.09 bits per heavy atom. The average molecular weight is 463 g/mol. The summed E-state index contributed by atoms with van der Waals surface area (Å²) in [7, 11) is 1.62. The second-order valence-corrected chi connectivity index (χ2v) is 9.35. The van der Waals surface area contributed by atoms with E-state index >= 15 is 0 Å². The molecule has 5 rings (SSSR count). The van der Waals surface area contributed by atoms with Gasteiger partial charge in [-0.15, -0.1) is 0 Å². The van der Waals surface area contributed by atoms with Gasteiger partial charge in [0.2, 0.25) is 5.91 Å². The number of hydrogen-bond acceptors (Lipinski definition) is 5. The van der Waals surface area contributed by atoms with Gasteiger partial charge in [-0.25, -0.2) is 4.79 Å². The van der Waals surface area contributed by atoms with Gasteiger partial charge in [-0.05, 0) is 61.6 Å². The highest BCUT2D eigenvalue weighted by atomic mass is 16.5. The van der Waals surface area contributed by atoms with Gasteiger partial charge in [-0.3, -0.25) is 19.4 Å². The number of nitrogens with zero attached hydrogens (tertiary/aromatic N) is 3. The molecule has 8 nitrogen and oxygen atoms in total. The van der Waals surface area contributed by atoms with Gasteiger partial charge >= 0.3 is 6.03 Å². The van der Waals surface area contributed by atoms with Gasteiger partial charge in [0.05, 0.1) is 7.11 Å². The highest BCUT2D eigenvalue weighted by Gasteiger charge is 2.53. The molecule has 4 amide bonds. The number of nitrogens with one attached hydrogen (secondary N) is 1. The lowest BCUT2D eigenvalue weighted by Crippen LogP contribution is -2.58. The molecule has 0 bridgehead atoms. The van der Waals surface area contributed by atoms with Gasteiger partial charge in [0.15, 0.2) is 0 Å². The predicted octanol–water partition coefficient (Wildman–Crippen LogP) is 2.56. The molecular weight excluding hydrogens is 432 g/mol. The molecule has 0 radical (unpaired) electrons. The largest absolute Gasteiger partial charge is 0.497 e. The van der Waals surface area contributed by atoms with E-state index in [1.54, 1.807) is 12.0 Å². The van der Waals surface area contributed by atoms with E-state index in [9.17, 15) is 14.4 Å². The van der Waals surface area contributed by atoms with Crippen LogP contribution >= 0.6 is 0 Å². The predicted molar refractivity (Wildman–Crippen MR) is 128 cm³/mol. The molecule has 34 heavy (non-hydrogen) atoms. The van der Waals surface area contributed by atoms with Crippen molar-refractivity contribution in [2.24, 2.45) is 0 Å². The molecule has 2 fully saturated rings. The molecule has 1 atom stereocenters. The summed E-state index contributed by atoms with van der Waals surface area (Å²) in [6.07, 6.45) is 3.08. The smallest absolute Gasteiger partial charge is 0.325 e. The number of anilines is 1. The van der Waals surface area contributed by atoms with Crippen LogP contribution in [0.5, 0.6) is 5.75 Å². The number of carbonyl (C=O) groups excluding carboxylic acids is 3. The summed E-state index contributed by atoms with van der Waals surface area (Å²) in [5.41, 5.74) is 2.07. The Morgan fingerprint density at radius 2 is 1.91 bits per heavy atom. The van der Waals surface area contributed by atoms with Gasteiger partial charge in [-0.1, -0.05) is 30.3 Å². The zero-order valence-corrected chi connectivity index (χ0v) is 19.5. The van der Waals surface area contributed by atoms with E-state index in [1.165, 1.54) is 5.56 Å². The van der Waals surface area contributed by atoms with Crippen LogP contribution in [0.1, 0.15) is 30.4 Å². The van der Waals surface area contributed by atoms with Crippen LogP contribution in [-0.4, -0.2) is 66.5 Å². The van der Waals surface area contributed by atoms with E-state index in [-0.39, 0.29) is 18.4 Å². The van der Waals surface area contributed by atoms with Crippen LogP contribution in [0, 0.1) is 0 Å². The molecule has 1 spiro atoms. The molecule has 3 aliphatic heterocycles. The summed E-state index contributed by atoms with van der Waals surface area (Å²) in [5.74, 6) is 0.209. The van der Waals surface area contributed by atoms with Crippen LogP contribution in [0.25, 0.3) is 0 Å². The molecule has 1 N–H and O–H groups in total. The Kier molecular flexibility index (Phi) is 6.00. The molecule has 8 heteroatoms. The van der Waals surface area contributed by atoms with Gasteiger partial charge in [0.25, 0.3) is 5.91 Å². The van der Waals surface area contributed by atoms with Crippen LogP contribution in [-0.2, 0) is 22.6 Å². The summed E-state index contributed by atoms with van der Waals surface area (Å²) in [5, 5.41) is 2.94. The SMILES string of the molecule is COc1ccc2c(c1)CCCN2C(=O)CN1C(=O)NC2(CCCN(Cc3ccccc3)C2)C1=O. The van der Waals surface area contributed by atoms with E-state index in [0.29, 0.717) is 19.5 Å². The van der Waals surface area contributed by atoms with Crippen molar-refractivity contribution in [1.82, 2.24) is 15.1 Å². The molecule has 0 saturated carbocycles. The molecule has 0 aromatic heterocycles. The van der Waals surface area contributed by atoms with Crippen molar-refractivity contribution in [2.45, 2.75) is 37.8 Å². The van der Waals surface area contributed by atoms with E-state index in [0.717, 1.165) is 54.3 Å². The van der Waals surface area contributed by atoms with Crippen LogP contribution in [0.4, 0.5) is 10.5 Å². The number of methoxy groups -OCH3 is 1. The number of fused-ring (bicyclic) bond motifs is 1. The third kappa shape index (κ3) is 4.14. The third-order valence-electron chi connectivity index (χ3n) is 7.07. The second kappa shape index (κ2) is 9.10. The maximum absolute atomic E-state index is 13.5. The molecule has 3 heterocycles. The second-order valence-electron chi connectivity index (χ2n) is 9.35. The minimum Gasteiger partial charge on any atom is -0.497 e. The first kappa shape index (κ1) is 22.4. The van der Waals surface area contributed by atoms with Crippen LogP contribution in [0.2, 0.25) is 0 Å². The number of likely N-dealkylation sites (tertiary alicyclic amines) is 1. The fourth-order valence-corrected chi connectivity index (χ4v) is 5.40. The zero-order chi connectivity index (χ0) is 23.7. The quantitative estimate of drug-likeness (QED) is 0.691. The lowest BCUT2D eigenvalue weighted by Gasteiger charge is -2.38. The topological polar surface area (TPSA) is 82.2 Å². The van der Waals surface area contributed by atoms with Crippen molar-refractivity contribution < 1.29 is 19.1 Å². The van der Waals surface area contributed by atoms with Crippen molar-refractivity contribution in [3.05, 3.63) is 59.7 Å². The molecule has 1 unspecified atom stereocenters. The van der Waals surface area contributed by atoms with Gasteiger partial charge in [0.1, 0.15) is 17.8 Å². The zero-order valence-electron chi connectivity index (χ0n) is 19.5. The molecule has 2 aromatic carbocycles. The minimum absolute atomic E-state index is 0.247. The van der Waals surface area contributed by atoms with Gasteiger partial charge < -0.3 is 15.0 Å². The summed E-state index contributed by atoms with van der Waals surface area (Å²) in [6.45, 7) is 2.35. The van der Waals surface area contributed by atoms with E-state index < -0.39 is 11.6 Å². The number of imide groups is 1. The molecule has 2 saturated heterocycles. The first-order valence-electron chi connectivity index (χ1n) is 11.9. The number of urea groups is 1. The van der Waals surface area contributed by atoms with Crippen molar-refractivity contribution in [3.63, 3.8) is 0 Å². The van der Waals surface area contributed by atoms with Crippen molar-refractivity contribution in [2.75, 3.05) is 38.2 Å². The van der Waals surface area contributed by atoms with Crippen LogP contribution in [0.15, 0.2) is 48.5 Å². The number of hydrogen-bond donors (Lipinski definition) is 1. The van der Waals surface area contributed by atoms with Crippen molar-refractivity contribution >= 4 is 23.5 Å². The molecular formula is C26H30N4O4. The first-order chi connectivity index (χ1) is 16.5. The highest BCUT2D eigenvalue weighted by Crippen LogP contribution is 2.32. The van der Waals surface area contributed by atoms with E-state index in [1.807, 2.05) is 36.4 Å². The summed E-state index contributed by atoms with van der Waals surface area (Å²) in [6, 6.07) is 15.3. The molecule has 3 aliphatic rings. The Morgan fingerprint density at radius 3 is 2.71 bits per heavy atom. The van der Waals surface area contributed by atoms with Crippen LogP contribution < -0.4 is 15.0 Å². The van der Waals surface area contributed by atoms with E-state index in [2.05, 4.69) is 22.3 Å². The number of rotatable bonds is 5. The monoisotopic (exact) mass is 462 g/mol. The average Bonchev–Trinajstić information content (AvgIpc) is 3.07. The number of amides is 4. The highest BCUT2D eigenvalue weighted by molar-refractivity contribution is 6.10. The Hall–Kier alpha value is -3.39. The Bertz CT molecular complexity index is 1110. The Balaban J connectivity index is 1.29. The number of carbonyl (C=O) groups is 3. The van der Waals surface area contributed by atoms with Gasteiger partial charge in [-0.2, -0.15) is 0 Å². The maximum atomic E-state index is 13.5. The molecule has 178 valence electrons. The fraction of sp³-hybridized carbons (Fsp3) is 0.423. The number of ether oxygens (including phenoxy) is 1. The number of benzene rings is 2. The fourth-order valence-electron chi connectivity index (χ4n) is 5.40. The normalized spacial score (nSPS) is 22.6. The lowest BCUT2D eigenvalue weighted by atomic mass is 9.88. The van der Waals surface area contributed by atoms with Crippen molar-refractivity contribution in [3.8, 4) is 5.75 Å².